The Balaban J connectivity index is 1.42. The fourth-order valence-corrected chi connectivity index (χ4v) is 4.68. The fourth-order valence-electron chi connectivity index (χ4n) is 1.90. The summed E-state index contributed by atoms with van der Waals surface area (Å²) in [4.78, 5) is 28.0. The first kappa shape index (κ1) is 21.2. The summed E-state index contributed by atoms with van der Waals surface area (Å²) in [5.74, 6) is 0.849. The number of hydrogen-bond acceptors (Lipinski definition) is 9. The topological polar surface area (TPSA) is 106 Å². The lowest BCUT2D eigenvalue weighted by molar-refractivity contribution is -0.118. The average Bonchev–Trinajstić information content (AvgIpc) is 3.31. The molecule has 0 saturated carbocycles. The SMILES string of the molecule is O=C(CSc1nnc(NC(=O)COc2ccc(Cl)cc2Cl)s1)NC1=NCCS1. The highest BCUT2D eigenvalue weighted by molar-refractivity contribution is 8.14. The van der Waals surface area contributed by atoms with Gasteiger partial charge in [0.2, 0.25) is 11.0 Å². The van der Waals surface area contributed by atoms with Crippen LogP contribution in [0.1, 0.15) is 0 Å². The van der Waals surface area contributed by atoms with Gasteiger partial charge in [-0.15, -0.1) is 10.2 Å². The van der Waals surface area contributed by atoms with Gasteiger partial charge < -0.3 is 10.1 Å². The molecule has 1 aromatic carbocycles. The predicted molar refractivity (Wildman–Crippen MR) is 114 cm³/mol. The van der Waals surface area contributed by atoms with Crippen LogP contribution in [-0.2, 0) is 9.59 Å². The summed E-state index contributed by atoms with van der Waals surface area (Å²) in [7, 11) is 0. The van der Waals surface area contributed by atoms with Crippen LogP contribution in [0.2, 0.25) is 10.0 Å². The number of rotatable bonds is 7. The number of amides is 2. The molecule has 1 aromatic heterocycles. The molecular formula is C15H13Cl2N5O3S3. The van der Waals surface area contributed by atoms with E-state index in [1.807, 2.05) is 0 Å². The Morgan fingerprint density at radius 2 is 2.07 bits per heavy atom. The minimum absolute atomic E-state index is 0.160. The van der Waals surface area contributed by atoms with Crippen molar-refractivity contribution in [2.75, 3.05) is 30.0 Å². The summed E-state index contributed by atoms with van der Waals surface area (Å²) < 4.78 is 5.92. The first-order chi connectivity index (χ1) is 13.5. The van der Waals surface area contributed by atoms with Gasteiger partial charge in [0.25, 0.3) is 5.91 Å². The predicted octanol–water partition coefficient (Wildman–Crippen LogP) is 3.17. The minimum Gasteiger partial charge on any atom is -0.482 e. The molecule has 0 aliphatic carbocycles. The van der Waals surface area contributed by atoms with Crippen LogP contribution in [0, 0.1) is 0 Å². The lowest BCUT2D eigenvalue weighted by Crippen LogP contribution is -2.28. The maximum absolute atomic E-state index is 12.0. The number of nitrogens with one attached hydrogen (secondary N) is 2. The van der Waals surface area contributed by atoms with Gasteiger partial charge in [0.05, 0.1) is 17.3 Å². The second kappa shape index (κ2) is 10.3. The third-order valence-corrected chi connectivity index (χ3v) is 6.46. The van der Waals surface area contributed by atoms with Crippen LogP contribution in [0.25, 0.3) is 0 Å². The highest BCUT2D eigenvalue weighted by Crippen LogP contribution is 2.28. The number of hydrogen-bond donors (Lipinski definition) is 2. The Kier molecular flexibility index (Phi) is 7.80. The zero-order valence-corrected chi connectivity index (χ0v) is 18.1. The van der Waals surface area contributed by atoms with Crippen LogP contribution >= 0.6 is 58.1 Å². The largest absolute Gasteiger partial charge is 0.482 e. The number of benzene rings is 1. The molecule has 13 heteroatoms. The number of halogens is 2. The molecule has 1 aliphatic heterocycles. The van der Waals surface area contributed by atoms with E-state index in [0.29, 0.717) is 30.4 Å². The number of nitrogens with zero attached hydrogens (tertiary/aromatic N) is 3. The summed E-state index contributed by atoms with van der Waals surface area (Å²) in [6.07, 6.45) is 0. The zero-order valence-electron chi connectivity index (χ0n) is 14.1. The van der Waals surface area contributed by atoms with Crippen LogP contribution in [-0.4, -0.2) is 51.8 Å². The molecule has 8 nitrogen and oxygen atoms in total. The highest BCUT2D eigenvalue weighted by Gasteiger charge is 2.14. The maximum atomic E-state index is 12.0. The van der Waals surface area contributed by atoms with Crippen molar-refractivity contribution in [2.24, 2.45) is 4.99 Å². The number of aromatic nitrogens is 2. The molecule has 0 saturated heterocycles. The second-order valence-corrected chi connectivity index (χ2v) is 9.28. The van der Waals surface area contributed by atoms with Gasteiger partial charge in [0.1, 0.15) is 5.75 Å². The molecule has 0 radical (unpaired) electrons. The molecule has 0 atom stereocenters. The third kappa shape index (κ3) is 6.52. The Labute approximate surface area is 182 Å². The van der Waals surface area contributed by atoms with Crippen molar-refractivity contribution in [3.8, 4) is 5.75 Å². The molecule has 0 unspecified atom stereocenters. The van der Waals surface area contributed by atoms with E-state index in [1.165, 1.54) is 40.9 Å². The summed E-state index contributed by atoms with van der Waals surface area (Å²) in [6.45, 7) is 0.479. The van der Waals surface area contributed by atoms with Crippen LogP contribution in [0.15, 0.2) is 27.5 Å². The van der Waals surface area contributed by atoms with E-state index in [-0.39, 0.29) is 18.3 Å². The van der Waals surface area contributed by atoms with E-state index >= 15 is 0 Å². The van der Waals surface area contributed by atoms with Crippen molar-refractivity contribution in [1.82, 2.24) is 15.5 Å². The summed E-state index contributed by atoms with van der Waals surface area (Å²) in [5, 5.41) is 14.9. The van der Waals surface area contributed by atoms with E-state index in [2.05, 4.69) is 25.8 Å². The van der Waals surface area contributed by atoms with Gasteiger partial charge in [-0.3, -0.25) is 19.9 Å². The van der Waals surface area contributed by atoms with Crippen molar-refractivity contribution in [2.45, 2.75) is 4.34 Å². The Morgan fingerprint density at radius 3 is 2.82 bits per heavy atom. The molecule has 148 valence electrons. The van der Waals surface area contributed by atoms with Gasteiger partial charge in [-0.1, -0.05) is 58.1 Å². The van der Waals surface area contributed by atoms with E-state index in [9.17, 15) is 9.59 Å². The maximum Gasteiger partial charge on any atom is 0.264 e. The van der Waals surface area contributed by atoms with Gasteiger partial charge in [-0.25, -0.2) is 0 Å². The zero-order chi connectivity index (χ0) is 19.9. The molecule has 0 spiro atoms. The number of ether oxygens (including phenoxy) is 1. The van der Waals surface area contributed by atoms with Crippen molar-refractivity contribution in [1.29, 1.82) is 0 Å². The van der Waals surface area contributed by atoms with Crippen molar-refractivity contribution in [3.05, 3.63) is 28.2 Å². The molecule has 2 aromatic rings. The summed E-state index contributed by atoms with van der Waals surface area (Å²) in [6, 6.07) is 4.72. The van der Waals surface area contributed by atoms with Crippen LogP contribution in [0.4, 0.5) is 5.13 Å². The monoisotopic (exact) mass is 477 g/mol. The molecule has 3 rings (SSSR count). The smallest absolute Gasteiger partial charge is 0.264 e. The number of carbonyl (C=O) groups is 2. The fraction of sp³-hybridized carbons (Fsp3) is 0.267. The molecule has 2 heterocycles. The van der Waals surface area contributed by atoms with Crippen LogP contribution < -0.4 is 15.4 Å². The van der Waals surface area contributed by atoms with Gasteiger partial charge in [0, 0.05) is 10.8 Å². The molecule has 2 amide bonds. The number of aliphatic imine (C=N–C) groups is 1. The number of amidine groups is 1. The molecule has 28 heavy (non-hydrogen) atoms. The number of anilines is 1. The van der Waals surface area contributed by atoms with Gasteiger partial charge in [-0.05, 0) is 18.2 Å². The standard InChI is InChI=1S/C15H13Cl2N5O3S3/c16-8-1-2-10(9(17)5-8)25-6-11(23)19-14-21-22-15(28-14)27-7-12(24)20-13-18-3-4-26-13/h1-2,5H,3-4,6-7H2,(H,18,20,24)(H,19,21,23). The van der Waals surface area contributed by atoms with E-state index in [4.69, 9.17) is 27.9 Å². The average molecular weight is 478 g/mol. The minimum atomic E-state index is -0.410. The normalized spacial score (nSPS) is 13.1. The molecule has 1 aliphatic rings. The Bertz CT molecular complexity index is 909. The van der Waals surface area contributed by atoms with Crippen LogP contribution in [0.3, 0.4) is 0 Å². The van der Waals surface area contributed by atoms with Gasteiger partial charge >= 0.3 is 0 Å². The van der Waals surface area contributed by atoms with Crippen LogP contribution in [0.5, 0.6) is 5.75 Å². The first-order valence-corrected chi connectivity index (χ1v) is 11.3. The van der Waals surface area contributed by atoms with E-state index in [1.54, 1.807) is 12.1 Å². The van der Waals surface area contributed by atoms with Crippen molar-refractivity contribution >= 4 is 80.2 Å². The van der Waals surface area contributed by atoms with E-state index < -0.39 is 5.91 Å². The number of thioether (sulfide) groups is 2. The second-order valence-electron chi connectivity index (χ2n) is 5.16. The van der Waals surface area contributed by atoms with E-state index in [0.717, 1.165) is 12.3 Å². The number of carbonyl (C=O) groups excluding carboxylic acids is 2. The summed E-state index contributed by atoms with van der Waals surface area (Å²) >= 11 is 15.7. The first-order valence-electron chi connectivity index (χ1n) is 7.81. The lowest BCUT2D eigenvalue weighted by atomic mass is 10.3. The highest BCUT2D eigenvalue weighted by atomic mass is 35.5. The van der Waals surface area contributed by atoms with Gasteiger partial charge in [0.15, 0.2) is 16.1 Å². The Hall–Kier alpha value is -1.53. The molecule has 0 fully saturated rings. The summed E-state index contributed by atoms with van der Waals surface area (Å²) in [5.41, 5.74) is 0. The third-order valence-electron chi connectivity index (χ3n) is 3.06. The molecule has 2 N–H and O–H groups in total. The van der Waals surface area contributed by atoms with Gasteiger partial charge in [-0.2, -0.15) is 0 Å². The van der Waals surface area contributed by atoms with Crippen molar-refractivity contribution < 1.29 is 14.3 Å². The molecular weight excluding hydrogens is 465 g/mol. The molecule has 0 bridgehead atoms. The quantitative estimate of drug-likeness (QED) is 0.465. The Morgan fingerprint density at radius 1 is 1.21 bits per heavy atom. The van der Waals surface area contributed by atoms with Crippen molar-refractivity contribution in [3.63, 3.8) is 0 Å². The lowest BCUT2D eigenvalue weighted by Gasteiger charge is -2.07.